The number of halogens is 1. The zero-order valence-corrected chi connectivity index (χ0v) is 12.3. The molecule has 0 bridgehead atoms. The van der Waals surface area contributed by atoms with E-state index in [1.54, 1.807) is 12.1 Å². The lowest BCUT2D eigenvalue weighted by Crippen LogP contribution is -2.42. The van der Waals surface area contributed by atoms with E-state index < -0.39 is 10.2 Å². The van der Waals surface area contributed by atoms with E-state index in [-0.39, 0.29) is 0 Å². The van der Waals surface area contributed by atoms with Crippen LogP contribution in [0.25, 0.3) is 0 Å². The minimum absolute atomic E-state index is 0.300. The second-order valence-corrected chi connectivity index (χ2v) is 7.03. The number of hydrogen-bond acceptors (Lipinski definition) is 3. The lowest BCUT2D eigenvalue weighted by atomic mass is 10.0. The summed E-state index contributed by atoms with van der Waals surface area (Å²) in [6.45, 7) is 3.14. The molecule has 0 amide bonds. The summed E-state index contributed by atoms with van der Waals surface area (Å²) in [7, 11) is -3.55. The van der Waals surface area contributed by atoms with E-state index in [9.17, 15) is 8.42 Å². The number of hydrogen-bond donors (Lipinski definition) is 2. The molecule has 1 aromatic rings. The van der Waals surface area contributed by atoms with Gasteiger partial charge in [0.05, 0.1) is 10.7 Å². The molecule has 1 atom stereocenters. The highest BCUT2D eigenvalue weighted by Crippen LogP contribution is 2.26. The number of nitrogen functional groups attached to an aromatic ring is 1. The number of nitrogens with zero attached hydrogens (tertiary/aromatic N) is 1. The van der Waals surface area contributed by atoms with Crippen LogP contribution in [0.5, 0.6) is 0 Å². The van der Waals surface area contributed by atoms with Crippen molar-refractivity contribution in [2.45, 2.75) is 19.8 Å². The van der Waals surface area contributed by atoms with Gasteiger partial charge in [0.2, 0.25) is 0 Å². The van der Waals surface area contributed by atoms with Crippen LogP contribution in [-0.4, -0.2) is 25.8 Å². The fourth-order valence-corrected chi connectivity index (χ4v) is 3.88. The van der Waals surface area contributed by atoms with E-state index in [2.05, 4.69) is 11.6 Å². The lowest BCUT2D eigenvalue weighted by molar-refractivity contribution is 0.282. The standard InChI is InChI=1S/C12H18ClN3O2S/c1-9-3-2-6-16(8-9)19(17,18)15-12-5-4-10(14)7-11(12)13/h4-5,7,9,15H,2-3,6,8,14H2,1H3. The van der Waals surface area contributed by atoms with Gasteiger partial charge in [0, 0.05) is 18.8 Å². The van der Waals surface area contributed by atoms with Crippen molar-refractivity contribution < 1.29 is 8.42 Å². The predicted octanol–water partition coefficient (Wildman–Crippen LogP) is 2.31. The number of anilines is 2. The summed E-state index contributed by atoms with van der Waals surface area (Å²) in [5, 5.41) is 0.300. The van der Waals surface area contributed by atoms with Gasteiger partial charge in [0.25, 0.3) is 0 Å². The second kappa shape index (κ2) is 5.56. The first-order valence-electron chi connectivity index (χ1n) is 6.21. The van der Waals surface area contributed by atoms with Crippen molar-refractivity contribution in [1.29, 1.82) is 0 Å². The fraction of sp³-hybridized carbons (Fsp3) is 0.500. The monoisotopic (exact) mass is 303 g/mol. The summed E-state index contributed by atoms with van der Waals surface area (Å²) < 4.78 is 28.5. The second-order valence-electron chi connectivity index (χ2n) is 4.95. The summed E-state index contributed by atoms with van der Waals surface area (Å²) in [6.07, 6.45) is 1.95. The molecular formula is C12H18ClN3O2S. The molecule has 0 aliphatic carbocycles. The first kappa shape index (κ1) is 14.4. The topological polar surface area (TPSA) is 75.4 Å². The van der Waals surface area contributed by atoms with Gasteiger partial charge in [-0.1, -0.05) is 18.5 Å². The number of nitrogens with two attached hydrogens (primary N) is 1. The Balaban J connectivity index is 2.16. The number of nitrogens with one attached hydrogen (secondary N) is 1. The Morgan fingerprint density at radius 2 is 2.21 bits per heavy atom. The maximum Gasteiger partial charge on any atom is 0.301 e. The van der Waals surface area contributed by atoms with Crippen LogP contribution in [0.2, 0.25) is 5.02 Å². The number of rotatable bonds is 3. The molecule has 1 unspecified atom stereocenters. The van der Waals surface area contributed by atoms with Crippen molar-refractivity contribution in [3.8, 4) is 0 Å². The highest BCUT2D eigenvalue weighted by Gasteiger charge is 2.27. The van der Waals surface area contributed by atoms with Crippen LogP contribution in [0.15, 0.2) is 18.2 Å². The predicted molar refractivity (Wildman–Crippen MR) is 78.4 cm³/mol. The van der Waals surface area contributed by atoms with Gasteiger partial charge >= 0.3 is 10.2 Å². The summed E-state index contributed by atoms with van der Waals surface area (Å²) in [6, 6.07) is 4.71. The Morgan fingerprint density at radius 1 is 1.47 bits per heavy atom. The summed E-state index contributed by atoms with van der Waals surface area (Å²) in [4.78, 5) is 0. The smallest absolute Gasteiger partial charge is 0.301 e. The lowest BCUT2D eigenvalue weighted by Gasteiger charge is -2.30. The molecule has 0 saturated carbocycles. The Labute approximate surface area is 118 Å². The molecule has 1 fully saturated rings. The molecule has 1 heterocycles. The molecule has 19 heavy (non-hydrogen) atoms. The highest BCUT2D eigenvalue weighted by atomic mass is 35.5. The van der Waals surface area contributed by atoms with E-state index in [0.717, 1.165) is 12.8 Å². The maximum absolute atomic E-state index is 12.3. The molecule has 5 nitrogen and oxygen atoms in total. The van der Waals surface area contributed by atoms with Crippen molar-refractivity contribution >= 4 is 33.2 Å². The zero-order chi connectivity index (χ0) is 14.0. The Hall–Kier alpha value is -0.980. The largest absolute Gasteiger partial charge is 0.399 e. The van der Waals surface area contributed by atoms with Crippen molar-refractivity contribution in [3.05, 3.63) is 23.2 Å². The molecule has 2 rings (SSSR count). The molecule has 1 aliphatic heterocycles. The number of piperidine rings is 1. The highest BCUT2D eigenvalue weighted by molar-refractivity contribution is 7.90. The average Bonchev–Trinajstić information content (AvgIpc) is 2.33. The van der Waals surface area contributed by atoms with Gasteiger partial charge in [-0.05, 0) is 37.0 Å². The molecule has 3 N–H and O–H groups in total. The molecule has 0 spiro atoms. The van der Waals surface area contributed by atoms with Crippen LogP contribution in [0.4, 0.5) is 11.4 Å². The van der Waals surface area contributed by atoms with Crippen molar-refractivity contribution in [3.63, 3.8) is 0 Å². The van der Waals surface area contributed by atoms with Gasteiger partial charge in [-0.2, -0.15) is 12.7 Å². The normalized spacial score (nSPS) is 21.3. The first-order valence-corrected chi connectivity index (χ1v) is 8.03. The Bertz CT molecular complexity index is 562. The van der Waals surface area contributed by atoms with Crippen LogP contribution in [0, 0.1) is 5.92 Å². The summed E-state index contributed by atoms with van der Waals surface area (Å²) in [5.74, 6) is 0.382. The minimum Gasteiger partial charge on any atom is -0.399 e. The van der Waals surface area contributed by atoms with E-state index in [1.807, 2.05) is 0 Å². The third-order valence-electron chi connectivity index (χ3n) is 3.19. The molecule has 106 valence electrons. The van der Waals surface area contributed by atoms with Gasteiger partial charge < -0.3 is 5.73 Å². The third-order valence-corrected chi connectivity index (χ3v) is 4.99. The van der Waals surface area contributed by atoms with Crippen LogP contribution >= 0.6 is 11.6 Å². The van der Waals surface area contributed by atoms with E-state index in [4.69, 9.17) is 17.3 Å². The average molecular weight is 304 g/mol. The van der Waals surface area contributed by atoms with Crippen LogP contribution in [-0.2, 0) is 10.2 Å². The molecule has 1 saturated heterocycles. The SMILES string of the molecule is CC1CCCN(S(=O)(=O)Nc2ccc(N)cc2Cl)C1. The van der Waals surface area contributed by atoms with E-state index in [1.165, 1.54) is 10.4 Å². The van der Waals surface area contributed by atoms with Crippen LogP contribution in [0.1, 0.15) is 19.8 Å². The summed E-state index contributed by atoms with van der Waals surface area (Å²) in [5.41, 5.74) is 6.44. The van der Waals surface area contributed by atoms with Crippen molar-refractivity contribution in [2.24, 2.45) is 5.92 Å². The minimum atomic E-state index is -3.55. The molecule has 1 aromatic carbocycles. The van der Waals surface area contributed by atoms with E-state index >= 15 is 0 Å². The molecule has 0 radical (unpaired) electrons. The first-order chi connectivity index (χ1) is 8.88. The van der Waals surface area contributed by atoms with Crippen LogP contribution in [0.3, 0.4) is 0 Å². The fourth-order valence-electron chi connectivity index (χ4n) is 2.18. The van der Waals surface area contributed by atoms with Gasteiger partial charge in [-0.3, -0.25) is 4.72 Å². The zero-order valence-electron chi connectivity index (χ0n) is 10.8. The molecule has 1 aliphatic rings. The Kier molecular flexibility index (Phi) is 4.23. The van der Waals surface area contributed by atoms with Gasteiger partial charge in [0.15, 0.2) is 0 Å². The van der Waals surface area contributed by atoms with Crippen molar-refractivity contribution in [1.82, 2.24) is 4.31 Å². The van der Waals surface area contributed by atoms with Gasteiger partial charge in [0.1, 0.15) is 0 Å². The quantitative estimate of drug-likeness (QED) is 0.841. The van der Waals surface area contributed by atoms with Crippen molar-refractivity contribution in [2.75, 3.05) is 23.5 Å². The van der Waals surface area contributed by atoms with Gasteiger partial charge in [-0.15, -0.1) is 0 Å². The van der Waals surface area contributed by atoms with Crippen LogP contribution < -0.4 is 10.5 Å². The van der Waals surface area contributed by atoms with Gasteiger partial charge in [-0.25, -0.2) is 0 Å². The number of benzene rings is 1. The molecule has 7 heteroatoms. The molecular weight excluding hydrogens is 286 g/mol. The van der Waals surface area contributed by atoms with E-state index in [0.29, 0.717) is 35.4 Å². The summed E-state index contributed by atoms with van der Waals surface area (Å²) >= 11 is 5.98. The molecule has 0 aromatic heterocycles. The maximum atomic E-state index is 12.3. The third kappa shape index (κ3) is 3.52. The Morgan fingerprint density at radius 3 is 2.84 bits per heavy atom.